The maximum atomic E-state index is 11.2. The zero-order valence-electron chi connectivity index (χ0n) is 7.31. The third kappa shape index (κ3) is 2.52. The molecule has 0 saturated carbocycles. The average molecular weight is 155 g/mol. The van der Waals surface area contributed by atoms with Gasteiger partial charge in [0.2, 0.25) is 5.91 Å². The highest BCUT2D eigenvalue weighted by Crippen LogP contribution is 2.10. The van der Waals surface area contributed by atoms with Gasteiger partial charge in [-0.2, -0.15) is 0 Å². The molecule has 0 aliphatic carbocycles. The summed E-state index contributed by atoms with van der Waals surface area (Å²) in [5.41, 5.74) is 0. The van der Waals surface area contributed by atoms with Crippen LogP contribution in [0, 0.1) is 0 Å². The zero-order valence-corrected chi connectivity index (χ0v) is 7.31. The first kappa shape index (κ1) is 8.57. The van der Waals surface area contributed by atoms with Crippen molar-refractivity contribution in [2.45, 2.75) is 39.0 Å². The van der Waals surface area contributed by atoms with Gasteiger partial charge < -0.3 is 4.90 Å². The second-order valence-corrected chi connectivity index (χ2v) is 3.15. The molecule has 0 atom stereocenters. The lowest BCUT2D eigenvalue weighted by Crippen LogP contribution is -2.30. The third-order valence-corrected chi connectivity index (χ3v) is 2.26. The fraction of sp³-hybridized carbons (Fsp3) is 0.889. The molecule has 0 radical (unpaired) electrons. The molecule has 1 fully saturated rings. The first-order valence-corrected chi connectivity index (χ1v) is 4.62. The molecule has 64 valence electrons. The van der Waals surface area contributed by atoms with Gasteiger partial charge in [0.1, 0.15) is 0 Å². The van der Waals surface area contributed by atoms with Gasteiger partial charge in [0.15, 0.2) is 0 Å². The van der Waals surface area contributed by atoms with Crippen LogP contribution in [0.5, 0.6) is 0 Å². The molecule has 0 aromatic rings. The van der Waals surface area contributed by atoms with E-state index >= 15 is 0 Å². The van der Waals surface area contributed by atoms with Gasteiger partial charge in [-0.25, -0.2) is 0 Å². The average Bonchev–Trinajstić information content (AvgIpc) is 2.30. The van der Waals surface area contributed by atoms with Crippen LogP contribution in [-0.2, 0) is 4.79 Å². The highest BCUT2D eigenvalue weighted by molar-refractivity contribution is 5.75. The van der Waals surface area contributed by atoms with Crippen LogP contribution in [0.3, 0.4) is 0 Å². The van der Waals surface area contributed by atoms with E-state index in [0.29, 0.717) is 12.3 Å². The van der Waals surface area contributed by atoms with Gasteiger partial charge >= 0.3 is 0 Å². The van der Waals surface area contributed by atoms with Crippen LogP contribution in [0.15, 0.2) is 0 Å². The topological polar surface area (TPSA) is 20.3 Å². The van der Waals surface area contributed by atoms with Crippen LogP contribution in [0.25, 0.3) is 0 Å². The summed E-state index contributed by atoms with van der Waals surface area (Å²) in [6.45, 7) is 3.92. The Kier molecular flexibility index (Phi) is 3.40. The van der Waals surface area contributed by atoms with Gasteiger partial charge in [-0.3, -0.25) is 4.79 Å². The fourth-order valence-electron chi connectivity index (χ4n) is 1.54. The molecule has 1 aliphatic heterocycles. The van der Waals surface area contributed by atoms with Crippen LogP contribution in [0.2, 0.25) is 0 Å². The minimum absolute atomic E-state index is 0.326. The molecule has 0 N–H and O–H groups in total. The summed E-state index contributed by atoms with van der Waals surface area (Å²) < 4.78 is 0. The Hall–Kier alpha value is -0.530. The molecule has 0 aromatic heterocycles. The third-order valence-electron chi connectivity index (χ3n) is 2.26. The van der Waals surface area contributed by atoms with E-state index in [4.69, 9.17) is 0 Å². The Balaban J connectivity index is 2.36. The molecule has 0 spiro atoms. The first-order chi connectivity index (χ1) is 5.34. The van der Waals surface area contributed by atoms with Gasteiger partial charge in [-0.05, 0) is 12.8 Å². The zero-order chi connectivity index (χ0) is 8.10. The number of hydrogen-bond acceptors (Lipinski definition) is 1. The van der Waals surface area contributed by atoms with Gasteiger partial charge in [-0.15, -0.1) is 0 Å². The van der Waals surface area contributed by atoms with Crippen molar-refractivity contribution < 1.29 is 4.79 Å². The highest BCUT2D eigenvalue weighted by Gasteiger charge is 2.12. The Labute approximate surface area is 68.6 Å². The molecular formula is C9H17NO. The minimum atomic E-state index is 0.326. The molecule has 2 heteroatoms. The van der Waals surface area contributed by atoms with Gasteiger partial charge in [0, 0.05) is 19.5 Å². The maximum Gasteiger partial charge on any atom is 0.222 e. The molecule has 1 aliphatic rings. The largest absolute Gasteiger partial charge is 0.343 e. The second-order valence-electron chi connectivity index (χ2n) is 3.15. The van der Waals surface area contributed by atoms with Gasteiger partial charge in [-0.1, -0.05) is 19.8 Å². The summed E-state index contributed by atoms with van der Waals surface area (Å²) in [4.78, 5) is 13.3. The molecule has 1 amide bonds. The number of rotatable bonds is 1. The van der Waals surface area contributed by atoms with E-state index in [-0.39, 0.29) is 0 Å². The van der Waals surface area contributed by atoms with Crippen molar-refractivity contribution in [2.75, 3.05) is 13.1 Å². The van der Waals surface area contributed by atoms with Crippen molar-refractivity contribution in [3.63, 3.8) is 0 Å². The molecular weight excluding hydrogens is 138 g/mol. The van der Waals surface area contributed by atoms with Crippen LogP contribution < -0.4 is 0 Å². The van der Waals surface area contributed by atoms with E-state index in [1.165, 1.54) is 25.7 Å². The molecule has 0 aromatic carbocycles. The molecule has 0 unspecified atom stereocenters. The Bertz CT molecular complexity index is 126. The van der Waals surface area contributed by atoms with Gasteiger partial charge in [0.25, 0.3) is 0 Å². The lowest BCUT2D eigenvalue weighted by molar-refractivity contribution is -0.130. The van der Waals surface area contributed by atoms with Crippen molar-refractivity contribution in [2.24, 2.45) is 0 Å². The number of likely N-dealkylation sites (tertiary alicyclic amines) is 1. The number of carbonyl (C=O) groups is 1. The summed E-state index contributed by atoms with van der Waals surface area (Å²) in [6, 6.07) is 0. The summed E-state index contributed by atoms with van der Waals surface area (Å²) in [6.07, 6.45) is 5.67. The molecule has 2 nitrogen and oxygen atoms in total. The number of carbonyl (C=O) groups excluding carboxylic acids is 1. The highest BCUT2D eigenvalue weighted by atomic mass is 16.2. The van der Waals surface area contributed by atoms with Crippen molar-refractivity contribution in [3.05, 3.63) is 0 Å². The number of hydrogen-bond donors (Lipinski definition) is 0. The summed E-state index contributed by atoms with van der Waals surface area (Å²) in [5, 5.41) is 0. The van der Waals surface area contributed by atoms with Crippen LogP contribution >= 0.6 is 0 Å². The van der Waals surface area contributed by atoms with Gasteiger partial charge in [0.05, 0.1) is 0 Å². The van der Waals surface area contributed by atoms with E-state index in [2.05, 4.69) is 0 Å². The quantitative estimate of drug-likeness (QED) is 0.565. The Morgan fingerprint density at radius 2 is 1.73 bits per heavy atom. The smallest absolute Gasteiger partial charge is 0.222 e. The van der Waals surface area contributed by atoms with Crippen LogP contribution in [0.4, 0.5) is 0 Å². The predicted octanol–water partition coefficient (Wildman–Crippen LogP) is 1.80. The Morgan fingerprint density at radius 1 is 1.18 bits per heavy atom. The SMILES string of the molecule is CCC(=O)N1CCCCCC1. The normalized spacial score (nSPS) is 19.5. The lowest BCUT2D eigenvalue weighted by Gasteiger charge is -2.18. The Morgan fingerprint density at radius 3 is 2.18 bits per heavy atom. The standard InChI is InChI=1S/C9H17NO/c1-2-9(11)10-7-5-3-4-6-8-10/h2-8H2,1H3. The van der Waals surface area contributed by atoms with Crippen molar-refractivity contribution in [1.29, 1.82) is 0 Å². The number of nitrogens with zero attached hydrogens (tertiary/aromatic N) is 1. The minimum Gasteiger partial charge on any atom is -0.343 e. The first-order valence-electron chi connectivity index (χ1n) is 4.62. The molecule has 11 heavy (non-hydrogen) atoms. The van der Waals surface area contributed by atoms with Crippen LogP contribution in [-0.4, -0.2) is 23.9 Å². The molecule has 1 heterocycles. The second kappa shape index (κ2) is 4.37. The van der Waals surface area contributed by atoms with E-state index in [0.717, 1.165) is 13.1 Å². The molecule has 1 rings (SSSR count). The molecule has 1 saturated heterocycles. The monoisotopic (exact) mass is 155 g/mol. The fourth-order valence-corrected chi connectivity index (χ4v) is 1.54. The van der Waals surface area contributed by atoms with Crippen molar-refractivity contribution in [1.82, 2.24) is 4.90 Å². The van der Waals surface area contributed by atoms with E-state index < -0.39 is 0 Å². The van der Waals surface area contributed by atoms with E-state index in [1.807, 2.05) is 11.8 Å². The van der Waals surface area contributed by atoms with E-state index in [1.54, 1.807) is 0 Å². The predicted molar refractivity (Wildman–Crippen MR) is 45.3 cm³/mol. The van der Waals surface area contributed by atoms with Crippen molar-refractivity contribution >= 4 is 5.91 Å². The summed E-state index contributed by atoms with van der Waals surface area (Å²) >= 11 is 0. The van der Waals surface area contributed by atoms with Crippen molar-refractivity contribution in [3.8, 4) is 0 Å². The number of amides is 1. The summed E-state index contributed by atoms with van der Waals surface area (Å²) in [7, 11) is 0. The summed E-state index contributed by atoms with van der Waals surface area (Å²) in [5.74, 6) is 0.326. The maximum absolute atomic E-state index is 11.2. The van der Waals surface area contributed by atoms with E-state index in [9.17, 15) is 4.79 Å². The molecule has 0 bridgehead atoms. The lowest BCUT2D eigenvalue weighted by atomic mass is 10.2. The van der Waals surface area contributed by atoms with Crippen LogP contribution in [0.1, 0.15) is 39.0 Å².